The molecule has 11 heteroatoms. The molecule has 4 nitrogen and oxygen atoms in total. The van der Waals surface area contributed by atoms with Crippen LogP contribution in [-0.4, -0.2) is 26.7 Å². The third-order valence-electron chi connectivity index (χ3n) is 0.894. The summed E-state index contributed by atoms with van der Waals surface area (Å²) >= 11 is 11.0. The first-order chi connectivity index (χ1) is 6.24. The summed E-state index contributed by atoms with van der Waals surface area (Å²) < 4.78 is 8.84. The zero-order valence-corrected chi connectivity index (χ0v) is 14.5. The van der Waals surface area contributed by atoms with Crippen molar-refractivity contribution in [2.75, 3.05) is 26.7 Å². The largest absolute Gasteiger partial charge is 2.00 e. The standard InChI is InChI=1S/2C2H7O2PS2.Ni/c2*1-4-5(3,6)7-2;/h2*1-2H3,(H,3,6);/q;;+2/p-2. The molecule has 0 saturated carbocycles. The average Bonchev–Trinajstić information content (AvgIpc) is 2.19. The first-order valence-electron chi connectivity index (χ1n) is 3.09. The first kappa shape index (κ1) is 22.5. The van der Waals surface area contributed by atoms with Crippen LogP contribution < -0.4 is 9.79 Å². The van der Waals surface area contributed by atoms with Crippen molar-refractivity contribution in [3.8, 4) is 0 Å². The van der Waals surface area contributed by atoms with Crippen LogP contribution in [0.25, 0.3) is 0 Å². The van der Waals surface area contributed by atoms with Gasteiger partial charge in [0.25, 0.3) is 0 Å². The number of hydrogen-bond donors (Lipinski definition) is 0. The van der Waals surface area contributed by atoms with Crippen LogP contribution in [0.5, 0.6) is 0 Å². The van der Waals surface area contributed by atoms with Gasteiger partial charge in [-0.05, 0) is 12.5 Å². The third-order valence-corrected chi connectivity index (χ3v) is 9.84. The summed E-state index contributed by atoms with van der Waals surface area (Å²) in [5.74, 6) is 0. The predicted molar refractivity (Wildman–Crippen MR) is 69.6 cm³/mol. The molecule has 0 amide bonds. The third kappa shape index (κ3) is 16.3. The number of hydrogen-bond acceptors (Lipinski definition) is 8. The van der Waals surface area contributed by atoms with Crippen molar-refractivity contribution in [3.63, 3.8) is 0 Å². The summed E-state index contributed by atoms with van der Waals surface area (Å²) in [6.07, 6.45) is 3.33. The molecule has 2 unspecified atom stereocenters. The molecule has 15 heavy (non-hydrogen) atoms. The molecule has 96 valence electrons. The van der Waals surface area contributed by atoms with Crippen molar-refractivity contribution < 1.29 is 35.3 Å². The maximum absolute atomic E-state index is 10.5. The summed E-state index contributed by atoms with van der Waals surface area (Å²) in [6, 6.07) is 0. The van der Waals surface area contributed by atoms with Crippen molar-refractivity contribution in [1.29, 1.82) is 0 Å². The van der Waals surface area contributed by atoms with E-state index in [1.165, 1.54) is 14.2 Å². The van der Waals surface area contributed by atoms with E-state index in [0.29, 0.717) is 0 Å². The molecule has 2 atom stereocenters. The van der Waals surface area contributed by atoms with Gasteiger partial charge in [-0.3, -0.25) is 0 Å². The molecule has 0 heterocycles. The molecule has 0 aromatic rings. The molecule has 0 aliphatic carbocycles. The Kier molecular flexibility index (Phi) is 17.1. The molecule has 0 aromatic carbocycles. The van der Waals surface area contributed by atoms with Gasteiger partial charge >= 0.3 is 16.5 Å². The van der Waals surface area contributed by atoms with Crippen LogP contribution in [-0.2, 0) is 49.2 Å². The van der Waals surface area contributed by atoms with Crippen molar-refractivity contribution >= 4 is 57.8 Å². The van der Waals surface area contributed by atoms with Crippen molar-refractivity contribution in [2.45, 2.75) is 0 Å². The first-order valence-corrected chi connectivity index (χ1v) is 12.0. The van der Waals surface area contributed by atoms with E-state index in [1.807, 2.05) is 0 Å². The fraction of sp³-hybridized carbons (Fsp3) is 1.00. The predicted octanol–water partition coefficient (Wildman–Crippen LogP) is 1.16. The Balaban J connectivity index is -0.000000180. The van der Waals surface area contributed by atoms with Crippen LogP contribution in [0.1, 0.15) is 0 Å². The van der Waals surface area contributed by atoms with Gasteiger partial charge in [0.15, 0.2) is 0 Å². The van der Waals surface area contributed by atoms with Crippen LogP contribution in [0.2, 0.25) is 0 Å². The zero-order chi connectivity index (χ0) is 11.8. The van der Waals surface area contributed by atoms with E-state index in [4.69, 9.17) is 0 Å². The molecule has 0 rings (SSSR count). The second-order valence-electron chi connectivity index (χ2n) is 1.62. The van der Waals surface area contributed by atoms with Gasteiger partial charge in [-0.25, -0.2) is 0 Å². The van der Waals surface area contributed by atoms with Gasteiger partial charge in [-0.1, -0.05) is 23.6 Å². The maximum Gasteiger partial charge on any atom is 2.00 e. The SMILES string of the molecule is COP([O-])(=S)SC.COP([O-])(=S)SC.[Ni+2]. The molecule has 0 aromatic heterocycles. The van der Waals surface area contributed by atoms with Gasteiger partial charge in [0.1, 0.15) is 0 Å². The van der Waals surface area contributed by atoms with E-state index >= 15 is 0 Å². The summed E-state index contributed by atoms with van der Waals surface area (Å²) in [5, 5.41) is 0. The van der Waals surface area contributed by atoms with Crippen molar-refractivity contribution in [3.05, 3.63) is 0 Å². The summed E-state index contributed by atoms with van der Waals surface area (Å²) in [4.78, 5) is 21.0. The monoisotopic (exact) mass is 372 g/mol. The smallest absolute Gasteiger partial charge is 0.793 e. The quantitative estimate of drug-likeness (QED) is 0.538. The Morgan fingerprint density at radius 3 is 1.13 bits per heavy atom. The molecular weight excluding hydrogens is 361 g/mol. The second kappa shape index (κ2) is 11.4. The normalized spacial score (nSPS) is 17.5. The maximum atomic E-state index is 10.5. The van der Waals surface area contributed by atoms with Gasteiger partial charge in [0, 0.05) is 25.6 Å². The van der Waals surface area contributed by atoms with Gasteiger partial charge < -0.3 is 18.8 Å². The Morgan fingerprint density at radius 2 is 1.13 bits per heavy atom. The van der Waals surface area contributed by atoms with Crippen molar-refractivity contribution in [2.24, 2.45) is 0 Å². The molecule has 0 aliphatic heterocycles. The van der Waals surface area contributed by atoms with Gasteiger partial charge in [0.05, 0.1) is 0 Å². The molecule has 0 saturated heterocycles. The van der Waals surface area contributed by atoms with Crippen LogP contribution in [0.3, 0.4) is 0 Å². The van der Waals surface area contributed by atoms with E-state index in [9.17, 15) is 9.79 Å². The molecule has 0 fully saturated rings. The minimum atomic E-state index is -2.65. The van der Waals surface area contributed by atoms with E-state index in [2.05, 4.69) is 32.7 Å². The minimum absolute atomic E-state index is 0. The molecule has 0 spiro atoms. The van der Waals surface area contributed by atoms with Crippen LogP contribution in [0.15, 0.2) is 0 Å². The van der Waals surface area contributed by atoms with Crippen LogP contribution in [0, 0.1) is 0 Å². The van der Waals surface area contributed by atoms with E-state index < -0.39 is 11.4 Å². The van der Waals surface area contributed by atoms with Crippen LogP contribution in [0.4, 0.5) is 0 Å². The second-order valence-corrected chi connectivity index (χ2v) is 14.2. The van der Waals surface area contributed by atoms with Gasteiger partial charge in [-0.2, -0.15) is 0 Å². The van der Waals surface area contributed by atoms with E-state index in [0.717, 1.165) is 22.8 Å². The molecule has 0 radical (unpaired) electrons. The van der Waals surface area contributed by atoms with E-state index in [1.54, 1.807) is 12.5 Å². The summed E-state index contributed by atoms with van der Waals surface area (Å²) in [7, 11) is 2.70. The molecule has 0 N–H and O–H groups in total. The average molecular weight is 373 g/mol. The van der Waals surface area contributed by atoms with Crippen molar-refractivity contribution in [1.82, 2.24) is 0 Å². The Morgan fingerprint density at radius 1 is 0.933 bits per heavy atom. The number of rotatable bonds is 4. The Bertz CT molecular complexity index is 201. The zero-order valence-electron chi connectivity index (χ0n) is 8.48. The molecular formula is C4H12NiO4P2S4. The fourth-order valence-corrected chi connectivity index (χ4v) is 1.34. The molecule has 0 aliphatic rings. The topological polar surface area (TPSA) is 64.6 Å². The van der Waals surface area contributed by atoms with Gasteiger partial charge in [-0.15, -0.1) is 22.8 Å². The summed E-state index contributed by atoms with van der Waals surface area (Å²) in [5.41, 5.74) is -5.31. The summed E-state index contributed by atoms with van der Waals surface area (Å²) in [6.45, 7) is 0. The van der Waals surface area contributed by atoms with Crippen LogP contribution >= 0.6 is 34.2 Å². The fourth-order valence-electron chi connectivity index (χ4n) is 0.149. The van der Waals surface area contributed by atoms with Gasteiger partial charge in [0.2, 0.25) is 0 Å². The minimum Gasteiger partial charge on any atom is -0.793 e. The van der Waals surface area contributed by atoms with E-state index in [-0.39, 0.29) is 16.5 Å². The molecule has 0 bridgehead atoms. The Hall–Kier alpha value is 2.33. The Labute approximate surface area is 119 Å².